The van der Waals surface area contributed by atoms with E-state index in [9.17, 15) is 4.79 Å². The molecular formula is C18H33N3O2. The number of carbonyl (C=O) groups is 1. The summed E-state index contributed by atoms with van der Waals surface area (Å²) in [7, 11) is 0. The minimum absolute atomic E-state index is 0.0469. The number of carbonyl (C=O) groups excluding carboxylic acids is 1. The van der Waals surface area contributed by atoms with Gasteiger partial charge in [-0.2, -0.15) is 5.10 Å². The van der Waals surface area contributed by atoms with E-state index in [-0.39, 0.29) is 23.8 Å². The second-order valence-electron chi connectivity index (χ2n) is 7.45. The van der Waals surface area contributed by atoms with Crippen molar-refractivity contribution in [3.05, 3.63) is 17.5 Å². The molecule has 0 aliphatic heterocycles. The average Bonchev–Trinajstić information content (AvgIpc) is 2.93. The Kier molecular flexibility index (Phi) is 7.76. The number of nitrogens with one attached hydrogen (secondary N) is 1. The first-order valence-electron chi connectivity index (χ1n) is 8.77. The maximum absolute atomic E-state index is 12.3. The van der Waals surface area contributed by atoms with E-state index in [1.165, 1.54) is 19.3 Å². The molecule has 132 valence electrons. The Morgan fingerprint density at radius 1 is 1.35 bits per heavy atom. The zero-order chi connectivity index (χ0) is 17.5. The van der Waals surface area contributed by atoms with Gasteiger partial charge in [0.2, 0.25) is 0 Å². The number of nitrogens with zero attached hydrogens (tertiary/aromatic N) is 2. The highest BCUT2D eigenvalue weighted by molar-refractivity contribution is 5.92. The van der Waals surface area contributed by atoms with Gasteiger partial charge in [-0.1, -0.05) is 53.9 Å². The summed E-state index contributed by atoms with van der Waals surface area (Å²) < 4.78 is 1.99. The number of aliphatic hydroxyl groups excluding tert-OH is 1. The van der Waals surface area contributed by atoms with Crippen LogP contribution in [0, 0.1) is 5.92 Å². The van der Waals surface area contributed by atoms with Crippen LogP contribution in [0.3, 0.4) is 0 Å². The molecule has 1 aromatic heterocycles. The van der Waals surface area contributed by atoms with Crippen LogP contribution in [0.15, 0.2) is 6.07 Å². The lowest BCUT2D eigenvalue weighted by Gasteiger charge is -2.20. The molecule has 0 aliphatic carbocycles. The van der Waals surface area contributed by atoms with Crippen LogP contribution in [0.4, 0.5) is 0 Å². The zero-order valence-electron chi connectivity index (χ0n) is 15.4. The van der Waals surface area contributed by atoms with Gasteiger partial charge in [0.25, 0.3) is 5.91 Å². The summed E-state index contributed by atoms with van der Waals surface area (Å²) >= 11 is 0. The minimum Gasteiger partial charge on any atom is -0.396 e. The van der Waals surface area contributed by atoms with E-state index in [0.29, 0.717) is 12.2 Å². The van der Waals surface area contributed by atoms with Gasteiger partial charge in [0.05, 0.1) is 0 Å². The lowest BCUT2D eigenvalue weighted by atomic mass is 9.91. The molecule has 0 bridgehead atoms. The Hall–Kier alpha value is -1.36. The smallest absolute Gasteiger partial charge is 0.271 e. The summed E-state index contributed by atoms with van der Waals surface area (Å²) in [6.07, 6.45) is 4.72. The van der Waals surface area contributed by atoms with E-state index in [2.05, 4.69) is 38.1 Å². The monoisotopic (exact) mass is 323 g/mol. The summed E-state index contributed by atoms with van der Waals surface area (Å²) in [5.41, 5.74) is 1.51. The summed E-state index contributed by atoms with van der Waals surface area (Å²) in [5, 5.41) is 16.4. The Morgan fingerprint density at radius 3 is 2.61 bits per heavy atom. The number of amides is 1. The topological polar surface area (TPSA) is 67.2 Å². The quantitative estimate of drug-likeness (QED) is 0.686. The molecule has 1 amide bonds. The van der Waals surface area contributed by atoms with Crippen LogP contribution >= 0.6 is 0 Å². The van der Waals surface area contributed by atoms with E-state index in [0.717, 1.165) is 18.7 Å². The Labute approximate surface area is 140 Å². The van der Waals surface area contributed by atoms with Crippen molar-refractivity contribution in [1.29, 1.82) is 0 Å². The molecule has 0 radical (unpaired) electrons. The van der Waals surface area contributed by atoms with Crippen molar-refractivity contribution in [2.24, 2.45) is 5.92 Å². The largest absolute Gasteiger partial charge is 0.396 e. The molecule has 1 aromatic rings. The second-order valence-corrected chi connectivity index (χ2v) is 7.45. The minimum atomic E-state index is -0.164. The van der Waals surface area contributed by atoms with Crippen molar-refractivity contribution in [3.63, 3.8) is 0 Å². The zero-order valence-corrected chi connectivity index (χ0v) is 15.4. The Morgan fingerprint density at radius 2 is 2.04 bits per heavy atom. The number of aliphatic hydroxyl groups is 1. The fraction of sp³-hybridized carbons (Fsp3) is 0.778. The third-order valence-electron chi connectivity index (χ3n) is 3.93. The molecule has 1 heterocycles. The van der Waals surface area contributed by atoms with Gasteiger partial charge < -0.3 is 10.4 Å². The van der Waals surface area contributed by atoms with Crippen LogP contribution in [-0.2, 0) is 12.0 Å². The molecule has 1 rings (SSSR count). The highest BCUT2D eigenvalue weighted by Crippen LogP contribution is 2.23. The molecule has 0 aromatic carbocycles. The first-order valence-corrected chi connectivity index (χ1v) is 8.77. The van der Waals surface area contributed by atoms with E-state index >= 15 is 0 Å². The third-order valence-corrected chi connectivity index (χ3v) is 3.93. The van der Waals surface area contributed by atoms with Crippen LogP contribution in [0.1, 0.15) is 76.5 Å². The lowest BCUT2D eigenvalue weighted by Crippen LogP contribution is -2.29. The van der Waals surface area contributed by atoms with Gasteiger partial charge in [-0.3, -0.25) is 9.48 Å². The first-order chi connectivity index (χ1) is 10.8. The molecular weight excluding hydrogens is 290 g/mol. The van der Waals surface area contributed by atoms with Crippen LogP contribution < -0.4 is 5.32 Å². The highest BCUT2D eigenvalue weighted by atomic mass is 16.3. The van der Waals surface area contributed by atoms with Crippen molar-refractivity contribution in [3.8, 4) is 0 Å². The third kappa shape index (κ3) is 6.34. The number of unbranched alkanes of at least 4 members (excludes halogenated alkanes) is 3. The predicted octanol–water partition coefficient (Wildman–Crippen LogP) is 3.12. The predicted molar refractivity (Wildman–Crippen MR) is 93.7 cm³/mol. The van der Waals surface area contributed by atoms with E-state index < -0.39 is 0 Å². The number of hydrogen-bond acceptors (Lipinski definition) is 3. The molecule has 0 aliphatic rings. The number of rotatable bonds is 9. The maximum Gasteiger partial charge on any atom is 0.271 e. The number of aromatic nitrogens is 2. The van der Waals surface area contributed by atoms with Crippen LogP contribution in [0.25, 0.3) is 0 Å². The van der Waals surface area contributed by atoms with E-state index in [1.807, 2.05) is 17.7 Å². The van der Waals surface area contributed by atoms with E-state index in [1.54, 1.807) is 0 Å². The van der Waals surface area contributed by atoms with Gasteiger partial charge in [-0.05, 0) is 18.4 Å². The number of hydrogen-bond donors (Lipinski definition) is 2. The van der Waals surface area contributed by atoms with Gasteiger partial charge in [0.1, 0.15) is 5.69 Å². The van der Waals surface area contributed by atoms with Crippen molar-refractivity contribution in [2.75, 3.05) is 13.2 Å². The molecule has 1 atom stereocenters. The van der Waals surface area contributed by atoms with Crippen molar-refractivity contribution in [2.45, 2.75) is 72.3 Å². The maximum atomic E-state index is 12.3. The Bertz CT molecular complexity index is 489. The summed E-state index contributed by atoms with van der Waals surface area (Å²) in [6.45, 7) is 11.9. The first kappa shape index (κ1) is 19.7. The van der Waals surface area contributed by atoms with Crippen molar-refractivity contribution in [1.82, 2.24) is 15.1 Å². The van der Waals surface area contributed by atoms with Gasteiger partial charge in [0, 0.05) is 30.8 Å². The molecule has 0 saturated heterocycles. The van der Waals surface area contributed by atoms with Crippen LogP contribution in [0.5, 0.6) is 0 Å². The van der Waals surface area contributed by atoms with Crippen molar-refractivity contribution < 1.29 is 9.90 Å². The molecule has 0 fully saturated rings. The fourth-order valence-corrected chi connectivity index (χ4v) is 2.41. The molecule has 5 heteroatoms. The summed E-state index contributed by atoms with van der Waals surface area (Å²) in [6, 6.07) is 1.90. The molecule has 5 nitrogen and oxygen atoms in total. The lowest BCUT2D eigenvalue weighted by molar-refractivity contribution is 0.0936. The Balaban J connectivity index is 2.80. The molecule has 23 heavy (non-hydrogen) atoms. The van der Waals surface area contributed by atoms with Crippen LogP contribution in [0.2, 0.25) is 0 Å². The number of aryl methyl sites for hydroxylation is 1. The second kappa shape index (κ2) is 9.06. The molecule has 2 N–H and O–H groups in total. The summed E-state index contributed by atoms with van der Waals surface area (Å²) in [5.74, 6) is -0.111. The highest BCUT2D eigenvalue weighted by Gasteiger charge is 2.23. The van der Waals surface area contributed by atoms with Gasteiger partial charge in [0.15, 0.2) is 0 Å². The molecule has 1 unspecified atom stereocenters. The standard InChI is InChI=1S/C18H33N3O2/c1-6-7-8-9-10-21-16(18(3,4)5)11-15(20-21)17(23)19-12-14(2)13-22/h11,14,22H,6-10,12-13H2,1-5H3,(H,19,23). The molecule has 0 spiro atoms. The van der Waals surface area contributed by atoms with E-state index in [4.69, 9.17) is 5.11 Å². The molecule has 0 saturated carbocycles. The van der Waals surface area contributed by atoms with Gasteiger partial charge in [-0.25, -0.2) is 0 Å². The van der Waals surface area contributed by atoms with Crippen LogP contribution in [-0.4, -0.2) is 33.9 Å². The summed E-state index contributed by atoms with van der Waals surface area (Å²) in [4.78, 5) is 12.3. The van der Waals surface area contributed by atoms with Gasteiger partial charge >= 0.3 is 0 Å². The van der Waals surface area contributed by atoms with Crippen molar-refractivity contribution >= 4 is 5.91 Å². The fourth-order valence-electron chi connectivity index (χ4n) is 2.41. The SMILES string of the molecule is CCCCCCn1nc(C(=O)NCC(C)CO)cc1C(C)(C)C. The normalized spacial score (nSPS) is 13.1. The average molecular weight is 323 g/mol. The van der Waals surface area contributed by atoms with Gasteiger partial charge in [-0.15, -0.1) is 0 Å².